The summed E-state index contributed by atoms with van der Waals surface area (Å²) < 4.78 is 5.45. The van der Waals surface area contributed by atoms with Crippen molar-refractivity contribution in [3.63, 3.8) is 0 Å². The van der Waals surface area contributed by atoms with E-state index in [2.05, 4.69) is 10.2 Å². The van der Waals surface area contributed by atoms with Crippen molar-refractivity contribution in [2.75, 3.05) is 37.7 Å². The van der Waals surface area contributed by atoms with E-state index in [9.17, 15) is 9.90 Å². The van der Waals surface area contributed by atoms with Crippen LogP contribution in [0, 0.1) is 12.8 Å². The van der Waals surface area contributed by atoms with Crippen LogP contribution in [-0.2, 0) is 4.74 Å². The van der Waals surface area contributed by atoms with E-state index >= 15 is 0 Å². The number of aryl methyl sites for hydroxylation is 1. The second-order valence-electron chi connectivity index (χ2n) is 8.25. The molecule has 1 aromatic heterocycles. The zero-order chi connectivity index (χ0) is 18.8. The van der Waals surface area contributed by atoms with Crippen LogP contribution in [-0.4, -0.2) is 54.9 Å². The number of amides is 1. The quantitative estimate of drug-likeness (QED) is 0.829. The number of ether oxygens (including phenoxy) is 1. The summed E-state index contributed by atoms with van der Waals surface area (Å²) in [6.07, 6.45) is 6.00. The Labute approximate surface area is 161 Å². The van der Waals surface area contributed by atoms with Crippen LogP contribution in [0.25, 0.3) is 0 Å². The third-order valence-corrected chi connectivity index (χ3v) is 6.15. The first kappa shape index (κ1) is 18.7. The fourth-order valence-electron chi connectivity index (χ4n) is 4.32. The third kappa shape index (κ3) is 4.27. The van der Waals surface area contributed by atoms with Gasteiger partial charge in [-0.05, 0) is 44.2 Å². The van der Waals surface area contributed by atoms with Crippen molar-refractivity contribution >= 4 is 11.7 Å². The van der Waals surface area contributed by atoms with Gasteiger partial charge in [0.15, 0.2) is 0 Å². The summed E-state index contributed by atoms with van der Waals surface area (Å²) in [6.45, 7) is 5.72. The minimum Gasteiger partial charge on any atom is -0.393 e. The van der Waals surface area contributed by atoms with Crippen LogP contribution >= 0.6 is 0 Å². The molecule has 2 saturated carbocycles. The second-order valence-corrected chi connectivity index (χ2v) is 8.25. The molecule has 0 bridgehead atoms. The minimum absolute atomic E-state index is 0.0341. The van der Waals surface area contributed by atoms with Crippen molar-refractivity contribution < 1.29 is 14.6 Å². The van der Waals surface area contributed by atoms with Gasteiger partial charge >= 0.3 is 0 Å². The first-order valence-corrected chi connectivity index (χ1v) is 10.4. The lowest BCUT2D eigenvalue weighted by Crippen LogP contribution is -2.38. The molecule has 2 atom stereocenters. The van der Waals surface area contributed by atoms with Gasteiger partial charge in [0, 0.05) is 31.5 Å². The number of anilines is 1. The molecule has 2 heterocycles. The molecule has 1 saturated heterocycles. The van der Waals surface area contributed by atoms with Crippen LogP contribution < -0.4 is 10.2 Å². The number of morpholine rings is 1. The maximum Gasteiger partial charge on any atom is 0.253 e. The molecular weight excluding hydrogens is 342 g/mol. The standard InChI is InChI=1S/C21H31N3O3/c1-14-12-18(24-8-10-27-11-9-24)23-20(15-6-7-15)19(14)21(26)22-13-16-4-2-3-5-17(16)25/h12,15-17,25H,2-11,13H2,1H3,(H,22,26)/t16-,17+/m1/s1. The smallest absolute Gasteiger partial charge is 0.253 e. The molecule has 0 aromatic carbocycles. The number of nitrogens with zero attached hydrogens (tertiary/aromatic N) is 2. The molecule has 1 amide bonds. The fraction of sp³-hybridized carbons (Fsp3) is 0.714. The van der Waals surface area contributed by atoms with E-state index in [0.717, 1.165) is 87.5 Å². The Morgan fingerprint density at radius 2 is 2.00 bits per heavy atom. The summed E-state index contributed by atoms with van der Waals surface area (Å²) >= 11 is 0. The lowest BCUT2D eigenvalue weighted by atomic mass is 9.86. The lowest BCUT2D eigenvalue weighted by molar-refractivity contribution is 0.0662. The minimum atomic E-state index is -0.287. The van der Waals surface area contributed by atoms with Gasteiger partial charge in [0.05, 0.1) is 30.6 Å². The van der Waals surface area contributed by atoms with Crippen LogP contribution in [0.3, 0.4) is 0 Å². The molecule has 6 heteroatoms. The molecule has 0 unspecified atom stereocenters. The summed E-state index contributed by atoms with van der Waals surface area (Å²) in [7, 11) is 0. The predicted molar refractivity (Wildman–Crippen MR) is 104 cm³/mol. The number of aliphatic hydroxyl groups is 1. The average molecular weight is 373 g/mol. The molecule has 2 aliphatic carbocycles. The molecule has 0 radical (unpaired) electrons. The maximum absolute atomic E-state index is 13.0. The number of carbonyl (C=O) groups is 1. The zero-order valence-electron chi connectivity index (χ0n) is 16.2. The van der Waals surface area contributed by atoms with Crippen molar-refractivity contribution in [3.8, 4) is 0 Å². The molecule has 3 aliphatic rings. The highest BCUT2D eigenvalue weighted by Crippen LogP contribution is 2.42. The van der Waals surface area contributed by atoms with E-state index in [-0.39, 0.29) is 17.9 Å². The molecule has 6 nitrogen and oxygen atoms in total. The number of hydrogen-bond donors (Lipinski definition) is 2. The van der Waals surface area contributed by atoms with Gasteiger partial charge in [-0.15, -0.1) is 0 Å². The van der Waals surface area contributed by atoms with Crippen LogP contribution in [0.1, 0.15) is 66.1 Å². The molecule has 4 rings (SSSR count). The average Bonchev–Trinajstić information content (AvgIpc) is 3.52. The lowest BCUT2D eigenvalue weighted by Gasteiger charge is -2.29. The normalized spacial score (nSPS) is 26.1. The third-order valence-electron chi connectivity index (χ3n) is 6.15. The van der Waals surface area contributed by atoms with E-state index in [1.807, 2.05) is 13.0 Å². The van der Waals surface area contributed by atoms with Crippen molar-refractivity contribution in [2.45, 2.75) is 57.5 Å². The summed E-state index contributed by atoms with van der Waals surface area (Å²) in [5, 5.41) is 13.3. The van der Waals surface area contributed by atoms with Crippen LogP contribution in [0.5, 0.6) is 0 Å². The SMILES string of the molecule is Cc1cc(N2CCOCC2)nc(C2CC2)c1C(=O)NC[C@H]1CCCC[C@@H]1O. The summed E-state index contributed by atoms with van der Waals surface area (Å²) in [5.74, 6) is 1.52. The molecule has 148 valence electrons. The molecule has 2 N–H and O–H groups in total. The van der Waals surface area contributed by atoms with Crippen LogP contribution in [0.4, 0.5) is 5.82 Å². The predicted octanol–water partition coefficient (Wildman–Crippen LogP) is 2.38. The highest BCUT2D eigenvalue weighted by Gasteiger charge is 2.32. The van der Waals surface area contributed by atoms with Gasteiger partial charge in [-0.25, -0.2) is 4.98 Å². The Morgan fingerprint density at radius 1 is 1.26 bits per heavy atom. The number of carbonyl (C=O) groups excluding carboxylic acids is 1. The van der Waals surface area contributed by atoms with E-state index in [0.29, 0.717) is 12.5 Å². The van der Waals surface area contributed by atoms with Gasteiger partial charge in [-0.3, -0.25) is 4.79 Å². The van der Waals surface area contributed by atoms with Crippen molar-refractivity contribution in [1.82, 2.24) is 10.3 Å². The number of pyridine rings is 1. The first-order chi connectivity index (χ1) is 13.1. The monoisotopic (exact) mass is 373 g/mol. The highest BCUT2D eigenvalue weighted by molar-refractivity contribution is 5.97. The van der Waals surface area contributed by atoms with E-state index < -0.39 is 0 Å². The molecular formula is C21H31N3O3. The van der Waals surface area contributed by atoms with Gasteiger partial charge < -0.3 is 20.1 Å². The van der Waals surface area contributed by atoms with E-state index in [4.69, 9.17) is 9.72 Å². The second kappa shape index (κ2) is 8.15. The molecule has 0 spiro atoms. The van der Waals surface area contributed by atoms with Gasteiger partial charge in [-0.1, -0.05) is 12.8 Å². The molecule has 27 heavy (non-hydrogen) atoms. The molecule has 3 fully saturated rings. The number of rotatable bonds is 5. The number of hydrogen-bond acceptors (Lipinski definition) is 5. The Hall–Kier alpha value is -1.66. The number of aromatic nitrogens is 1. The Bertz CT molecular complexity index is 683. The van der Waals surface area contributed by atoms with Crippen molar-refractivity contribution in [1.29, 1.82) is 0 Å². The van der Waals surface area contributed by atoms with Crippen LogP contribution in [0.15, 0.2) is 6.07 Å². The summed E-state index contributed by atoms with van der Waals surface area (Å²) in [6, 6.07) is 2.04. The summed E-state index contributed by atoms with van der Waals surface area (Å²) in [4.78, 5) is 20.2. The largest absolute Gasteiger partial charge is 0.393 e. The zero-order valence-corrected chi connectivity index (χ0v) is 16.2. The van der Waals surface area contributed by atoms with E-state index in [1.165, 1.54) is 0 Å². The maximum atomic E-state index is 13.0. The van der Waals surface area contributed by atoms with Gasteiger partial charge in [0.1, 0.15) is 5.82 Å². The van der Waals surface area contributed by atoms with E-state index in [1.54, 1.807) is 0 Å². The summed E-state index contributed by atoms with van der Waals surface area (Å²) in [5.41, 5.74) is 2.70. The Balaban J connectivity index is 1.51. The highest BCUT2D eigenvalue weighted by atomic mass is 16.5. The molecule has 1 aromatic rings. The molecule has 1 aliphatic heterocycles. The Kier molecular flexibility index (Phi) is 5.64. The number of nitrogens with one attached hydrogen (secondary N) is 1. The Morgan fingerprint density at radius 3 is 2.70 bits per heavy atom. The van der Waals surface area contributed by atoms with Gasteiger partial charge in [-0.2, -0.15) is 0 Å². The van der Waals surface area contributed by atoms with Gasteiger partial charge in [0.25, 0.3) is 5.91 Å². The first-order valence-electron chi connectivity index (χ1n) is 10.4. The fourth-order valence-corrected chi connectivity index (χ4v) is 4.32. The topological polar surface area (TPSA) is 74.7 Å². The van der Waals surface area contributed by atoms with Gasteiger partial charge in [0.2, 0.25) is 0 Å². The van der Waals surface area contributed by atoms with Crippen molar-refractivity contribution in [2.24, 2.45) is 5.92 Å². The van der Waals surface area contributed by atoms with Crippen LogP contribution in [0.2, 0.25) is 0 Å². The number of aliphatic hydroxyl groups excluding tert-OH is 1. The van der Waals surface area contributed by atoms with Crippen molar-refractivity contribution in [3.05, 3.63) is 22.9 Å².